The van der Waals surface area contributed by atoms with Crippen LogP contribution >= 0.6 is 0 Å². The molecule has 3 nitrogen and oxygen atoms in total. The number of aromatic nitrogens is 3. The van der Waals surface area contributed by atoms with Crippen molar-refractivity contribution in [2.45, 2.75) is 16.6 Å². The van der Waals surface area contributed by atoms with Crippen molar-refractivity contribution in [1.82, 2.24) is 0 Å². The van der Waals surface area contributed by atoms with Crippen molar-refractivity contribution in [1.29, 1.82) is 0 Å². The van der Waals surface area contributed by atoms with E-state index in [0.29, 0.717) is 0 Å². The molecule has 3 heteroatoms. The molecule has 12 aromatic carbocycles. The van der Waals surface area contributed by atoms with E-state index in [-0.39, 0.29) is 0 Å². The molecule has 7 aliphatic rings. The van der Waals surface area contributed by atoms with E-state index < -0.39 is 16.6 Å². The van der Waals surface area contributed by atoms with E-state index in [1.807, 2.05) is 0 Å². The average molecular weight is 1260 g/mol. The topological polar surface area (TPSA) is 11.6 Å². The summed E-state index contributed by atoms with van der Waals surface area (Å²) in [5.74, 6) is 0. The molecule has 12 bridgehead atoms. The maximum Gasteiger partial charge on any atom is 0.339 e. The Balaban J connectivity index is 1.01. The maximum absolute atomic E-state index is 2.82. The van der Waals surface area contributed by atoms with Gasteiger partial charge < -0.3 is 0 Å². The van der Waals surface area contributed by atoms with Crippen molar-refractivity contribution in [2.75, 3.05) is 0 Å². The number of nitrogens with zero attached hydrogens (tertiary/aromatic N) is 3. The first-order chi connectivity index (χ1) is 49.1. The Morgan fingerprint density at radius 1 is 0.202 bits per heavy atom. The Bertz CT molecular complexity index is 6170. The van der Waals surface area contributed by atoms with Crippen LogP contribution in [0.5, 0.6) is 0 Å². The second-order valence-electron chi connectivity index (χ2n) is 27.6. The van der Waals surface area contributed by atoms with Crippen molar-refractivity contribution < 1.29 is 13.7 Å². The standard InChI is InChI=1S/C96H60N3/c1-4-25-61(26-5-1)64-31-22-34-67(49-64)78-55-85-89-57-81(78)74-39-12-10-37-72(74)70-52-71-60-94-87(53-70)77-42-15-14-41-76(77)82-58-88-84(54-79(82)68-35-23-32-65(50-68)62-27-6-2-7-28-62)92-44-17-20-47-98(92)95(88,89)96(94,99-48-21-18-45-93(85)99)90-59-83(75-40-13-11-38-73(71)75)80(56-86(90)91-43-16-19-46-97(91)94)69-36-24-33-66(51-69)63-29-8-3-9-30-63/h1-60H/q+3. The molecule has 6 heterocycles. The van der Waals surface area contributed by atoms with E-state index >= 15 is 0 Å². The molecule has 0 radical (unpaired) electrons. The summed E-state index contributed by atoms with van der Waals surface area (Å²) in [6, 6.07) is 126. The summed E-state index contributed by atoms with van der Waals surface area (Å²) in [7, 11) is 0. The Morgan fingerprint density at radius 3 is 1.05 bits per heavy atom. The molecule has 3 spiro atoms. The van der Waals surface area contributed by atoms with Crippen molar-refractivity contribution >= 4 is 16.7 Å². The molecule has 456 valence electrons. The molecule has 3 aromatic heterocycles. The number of benzene rings is 12. The van der Waals surface area contributed by atoms with Crippen molar-refractivity contribution in [3.05, 3.63) is 398 Å². The van der Waals surface area contributed by atoms with Gasteiger partial charge in [-0.05, 0) is 213 Å². The molecule has 4 aliphatic carbocycles. The number of pyridine rings is 3. The van der Waals surface area contributed by atoms with Crippen molar-refractivity contribution in [3.8, 4) is 134 Å². The summed E-state index contributed by atoms with van der Waals surface area (Å²) in [6.07, 6.45) is 15.4. The van der Waals surface area contributed by atoms with Gasteiger partial charge in [0.25, 0.3) is 11.1 Å². The van der Waals surface area contributed by atoms with Gasteiger partial charge in [-0.2, -0.15) is 13.7 Å². The Labute approximate surface area is 575 Å². The van der Waals surface area contributed by atoms with Gasteiger partial charge in [-0.15, -0.1) is 0 Å². The molecule has 0 saturated carbocycles. The Hall–Kier alpha value is -12.7. The molecule has 3 unspecified atom stereocenters. The van der Waals surface area contributed by atoms with Crippen LogP contribution in [-0.4, -0.2) is 0 Å². The van der Waals surface area contributed by atoms with Gasteiger partial charge >= 0.3 is 5.54 Å². The predicted octanol–water partition coefficient (Wildman–Crippen LogP) is 21.3. The molecular weight excluding hydrogens is 1200 g/mol. The quantitative estimate of drug-likeness (QED) is 0.147. The van der Waals surface area contributed by atoms with E-state index in [4.69, 9.17) is 0 Å². The number of allylic oxidation sites excluding steroid dienone is 6. The lowest BCUT2D eigenvalue weighted by Gasteiger charge is -2.52. The fourth-order valence-corrected chi connectivity index (χ4v) is 19.2. The zero-order valence-electron chi connectivity index (χ0n) is 54.0. The van der Waals surface area contributed by atoms with Crippen LogP contribution in [0.4, 0.5) is 0 Å². The largest absolute Gasteiger partial charge is 0.339 e. The van der Waals surface area contributed by atoms with Gasteiger partial charge in [0, 0.05) is 48.0 Å². The van der Waals surface area contributed by atoms with Gasteiger partial charge in [0.2, 0.25) is 17.1 Å². The first kappa shape index (κ1) is 54.5. The van der Waals surface area contributed by atoms with Crippen molar-refractivity contribution in [2.24, 2.45) is 0 Å². The molecule has 0 fully saturated rings. The zero-order valence-corrected chi connectivity index (χ0v) is 54.0. The summed E-state index contributed by atoms with van der Waals surface area (Å²) in [6.45, 7) is 0. The van der Waals surface area contributed by atoms with Gasteiger partial charge in [0.15, 0.2) is 18.6 Å². The van der Waals surface area contributed by atoms with E-state index in [2.05, 4.69) is 378 Å². The van der Waals surface area contributed by atoms with Crippen LogP contribution in [0.1, 0.15) is 33.4 Å². The lowest BCUT2D eigenvalue weighted by molar-refractivity contribution is -0.903. The third-order valence-electron chi connectivity index (χ3n) is 23.0. The van der Waals surface area contributed by atoms with Crippen LogP contribution in [0.25, 0.3) is 151 Å². The molecule has 0 N–H and O–H groups in total. The summed E-state index contributed by atoms with van der Waals surface area (Å²) < 4.78 is 8.35. The summed E-state index contributed by atoms with van der Waals surface area (Å²) in [5.41, 5.74) is 35.5. The monoisotopic (exact) mass is 1250 g/mol. The molecule has 15 aromatic rings. The average Bonchev–Trinajstić information content (AvgIpc) is 1.58. The number of fused-ring (bicyclic) bond motifs is 18. The number of hydrogen-bond acceptors (Lipinski definition) is 0. The molecular formula is C96H60N3+3. The normalized spacial score (nSPS) is 18.0. The Morgan fingerprint density at radius 2 is 0.556 bits per heavy atom. The van der Waals surface area contributed by atoms with Crippen LogP contribution < -0.4 is 13.7 Å². The molecule has 3 aliphatic heterocycles. The number of rotatable bonds is 6. The van der Waals surface area contributed by atoms with Crippen LogP contribution in [0.3, 0.4) is 0 Å². The van der Waals surface area contributed by atoms with Gasteiger partial charge in [0.1, 0.15) is 0 Å². The molecule has 0 amide bonds. The minimum absolute atomic E-state index is 1.13. The summed E-state index contributed by atoms with van der Waals surface area (Å²) in [5, 5.41) is 0. The van der Waals surface area contributed by atoms with Crippen LogP contribution in [0.15, 0.2) is 364 Å². The van der Waals surface area contributed by atoms with E-state index in [0.717, 1.165) is 44.9 Å². The highest BCUT2D eigenvalue weighted by Crippen LogP contribution is 2.70. The predicted molar refractivity (Wildman–Crippen MR) is 400 cm³/mol. The fraction of sp³-hybridized carbons (Fsp3) is 0.0312. The van der Waals surface area contributed by atoms with Gasteiger partial charge in [-0.3, -0.25) is 0 Å². The van der Waals surface area contributed by atoms with E-state index in [9.17, 15) is 0 Å². The van der Waals surface area contributed by atoms with Crippen molar-refractivity contribution in [3.63, 3.8) is 0 Å². The highest BCUT2D eigenvalue weighted by molar-refractivity contribution is 6.08. The van der Waals surface area contributed by atoms with E-state index in [1.165, 1.54) is 139 Å². The highest BCUT2D eigenvalue weighted by atomic mass is 15.3. The van der Waals surface area contributed by atoms with Gasteiger partial charge in [-0.25, -0.2) is 0 Å². The molecule has 0 saturated heterocycles. The minimum Gasteiger partial charge on any atom is -0.177 e. The van der Waals surface area contributed by atoms with Crippen LogP contribution in [0, 0.1) is 0 Å². The molecule has 99 heavy (non-hydrogen) atoms. The SMILES string of the molecule is C1=C2C=C3c4ccccc4-c4cc5c(cc4-c4cccc(-c6ccccc6)c4)-c4cccc[n+]4C54c5cc(c(-c6cccc(-c7ccccc7)c6)cc5-c5cccc[n+]5C45c4cc6c(-c7cccc(-c8ccccc8)c7)cc4-c4cccc[n+]4C35C=C1c1ccccc1-6)-c1ccccc12. The third kappa shape index (κ3) is 7.12. The van der Waals surface area contributed by atoms with E-state index in [1.54, 1.807) is 0 Å². The second kappa shape index (κ2) is 20.2. The first-order valence-corrected chi connectivity index (χ1v) is 34.6. The van der Waals surface area contributed by atoms with Gasteiger partial charge in [-0.1, -0.05) is 218 Å². The third-order valence-corrected chi connectivity index (χ3v) is 23.0. The molecule has 22 rings (SSSR count). The Kier molecular flexibility index (Phi) is 11.1. The fourth-order valence-electron chi connectivity index (χ4n) is 19.2. The van der Waals surface area contributed by atoms with Gasteiger partial charge in [0.05, 0.1) is 33.4 Å². The number of hydrogen-bond donors (Lipinski definition) is 0. The summed E-state index contributed by atoms with van der Waals surface area (Å²) in [4.78, 5) is 0. The zero-order chi connectivity index (χ0) is 64.7. The first-order valence-electron chi connectivity index (χ1n) is 34.6. The lowest BCUT2D eigenvalue weighted by Crippen LogP contribution is -2.90. The smallest absolute Gasteiger partial charge is 0.177 e. The molecule has 3 atom stereocenters. The highest BCUT2D eigenvalue weighted by Gasteiger charge is 2.89. The van der Waals surface area contributed by atoms with Crippen LogP contribution in [-0.2, 0) is 16.6 Å². The lowest BCUT2D eigenvalue weighted by atomic mass is 9.49. The maximum atomic E-state index is 2.82. The minimum atomic E-state index is -1.18. The summed E-state index contributed by atoms with van der Waals surface area (Å²) >= 11 is 0. The second-order valence-corrected chi connectivity index (χ2v) is 27.6. The van der Waals surface area contributed by atoms with Crippen LogP contribution in [0.2, 0.25) is 0 Å².